The molecule has 0 saturated heterocycles. The number of amides is 4. The SMILES string of the molecule is COc1cc(C(=O)OCC(=O)NC(N)=O)ccc1OCC(=O)Nc1ccc(Br)cc1. The quantitative estimate of drug-likeness (QED) is 0.489. The minimum absolute atomic E-state index is 0.0744. The molecule has 0 fully saturated rings. The second-order valence-corrected chi connectivity index (χ2v) is 6.61. The number of anilines is 1. The van der Waals surface area contributed by atoms with E-state index in [9.17, 15) is 19.2 Å². The van der Waals surface area contributed by atoms with Crippen molar-refractivity contribution in [3.05, 3.63) is 52.5 Å². The molecule has 4 amide bonds. The lowest BCUT2D eigenvalue weighted by atomic mass is 10.2. The number of primary amides is 1. The van der Waals surface area contributed by atoms with E-state index in [0.717, 1.165) is 4.47 Å². The minimum Gasteiger partial charge on any atom is -0.493 e. The maximum atomic E-state index is 12.0. The van der Waals surface area contributed by atoms with Gasteiger partial charge in [-0.2, -0.15) is 0 Å². The van der Waals surface area contributed by atoms with Crippen LogP contribution >= 0.6 is 15.9 Å². The Morgan fingerprint density at radius 3 is 2.30 bits per heavy atom. The molecule has 30 heavy (non-hydrogen) atoms. The first-order valence-electron chi connectivity index (χ1n) is 8.41. The first kappa shape index (κ1) is 22.7. The van der Waals surface area contributed by atoms with Gasteiger partial charge < -0.3 is 25.3 Å². The van der Waals surface area contributed by atoms with Crippen molar-refractivity contribution < 1.29 is 33.4 Å². The Balaban J connectivity index is 1.93. The summed E-state index contributed by atoms with van der Waals surface area (Å²) >= 11 is 3.31. The second kappa shape index (κ2) is 10.8. The average molecular weight is 480 g/mol. The third-order valence-electron chi connectivity index (χ3n) is 3.48. The Morgan fingerprint density at radius 2 is 1.67 bits per heavy atom. The van der Waals surface area contributed by atoms with Gasteiger partial charge in [-0.3, -0.25) is 14.9 Å². The molecule has 2 aromatic carbocycles. The summed E-state index contributed by atoms with van der Waals surface area (Å²) in [5.74, 6) is -1.66. The summed E-state index contributed by atoms with van der Waals surface area (Å²) in [5, 5.41) is 4.44. The number of nitrogens with one attached hydrogen (secondary N) is 2. The molecule has 0 aliphatic carbocycles. The lowest BCUT2D eigenvalue weighted by Crippen LogP contribution is -2.37. The van der Waals surface area contributed by atoms with E-state index >= 15 is 0 Å². The van der Waals surface area contributed by atoms with Crippen molar-refractivity contribution >= 4 is 45.4 Å². The van der Waals surface area contributed by atoms with Gasteiger partial charge in [0.2, 0.25) is 0 Å². The van der Waals surface area contributed by atoms with Crippen LogP contribution in [-0.4, -0.2) is 44.1 Å². The number of halogens is 1. The molecule has 0 aliphatic heterocycles. The van der Waals surface area contributed by atoms with Crippen LogP contribution in [0, 0.1) is 0 Å². The molecule has 11 heteroatoms. The molecule has 0 aromatic heterocycles. The van der Waals surface area contributed by atoms with Gasteiger partial charge in [-0.25, -0.2) is 9.59 Å². The molecule has 2 rings (SSSR count). The predicted octanol–water partition coefficient (Wildman–Crippen LogP) is 1.83. The first-order valence-corrected chi connectivity index (χ1v) is 9.20. The Labute approximate surface area is 179 Å². The maximum absolute atomic E-state index is 12.0. The molecule has 0 unspecified atom stereocenters. The van der Waals surface area contributed by atoms with Gasteiger partial charge in [0.1, 0.15) is 0 Å². The van der Waals surface area contributed by atoms with Crippen LogP contribution in [0.3, 0.4) is 0 Å². The zero-order valence-electron chi connectivity index (χ0n) is 15.8. The van der Waals surface area contributed by atoms with Crippen LogP contribution in [-0.2, 0) is 14.3 Å². The van der Waals surface area contributed by atoms with Crippen molar-refractivity contribution in [1.82, 2.24) is 5.32 Å². The van der Waals surface area contributed by atoms with E-state index in [0.29, 0.717) is 5.69 Å². The fourth-order valence-corrected chi connectivity index (χ4v) is 2.44. The van der Waals surface area contributed by atoms with Gasteiger partial charge in [-0.1, -0.05) is 15.9 Å². The lowest BCUT2D eigenvalue weighted by molar-refractivity contribution is -0.123. The van der Waals surface area contributed by atoms with Crippen molar-refractivity contribution in [1.29, 1.82) is 0 Å². The van der Waals surface area contributed by atoms with Crippen molar-refractivity contribution in [3.63, 3.8) is 0 Å². The number of hydrogen-bond donors (Lipinski definition) is 3. The molecule has 0 spiro atoms. The summed E-state index contributed by atoms with van der Waals surface area (Å²) in [6, 6.07) is 10.1. The third-order valence-corrected chi connectivity index (χ3v) is 4.01. The predicted molar refractivity (Wildman–Crippen MR) is 109 cm³/mol. The highest BCUT2D eigenvalue weighted by Crippen LogP contribution is 2.28. The zero-order valence-corrected chi connectivity index (χ0v) is 17.4. The number of imide groups is 1. The average Bonchev–Trinajstić information content (AvgIpc) is 2.71. The van der Waals surface area contributed by atoms with Crippen molar-refractivity contribution in [2.75, 3.05) is 25.6 Å². The number of carbonyl (C=O) groups excluding carboxylic acids is 4. The maximum Gasteiger partial charge on any atom is 0.338 e. The standard InChI is InChI=1S/C19H18BrN3O7/c1-28-15-8-11(18(26)30-10-17(25)23-19(21)27)2-7-14(15)29-9-16(24)22-13-5-3-12(20)4-6-13/h2-8H,9-10H2,1H3,(H,22,24)(H3,21,23,25,27). The molecular formula is C19H18BrN3O7. The fourth-order valence-electron chi connectivity index (χ4n) is 2.18. The summed E-state index contributed by atoms with van der Waals surface area (Å²) in [6.07, 6.45) is 0. The number of benzene rings is 2. The smallest absolute Gasteiger partial charge is 0.338 e. The van der Waals surface area contributed by atoms with E-state index in [-0.39, 0.29) is 29.6 Å². The zero-order chi connectivity index (χ0) is 22.1. The van der Waals surface area contributed by atoms with E-state index in [1.807, 2.05) is 0 Å². The molecule has 10 nitrogen and oxygen atoms in total. The molecule has 0 aliphatic rings. The van der Waals surface area contributed by atoms with Gasteiger partial charge in [-0.05, 0) is 42.5 Å². The number of methoxy groups -OCH3 is 1. The van der Waals surface area contributed by atoms with Crippen molar-refractivity contribution in [3.8, 4) is 11.5 Å². The minimum atomic E-state index is -1.05. The highest BCUT2D eigenvalue weighted by atomic mass is 79.9. The number of ether oxygens (including phenoxy) is 3. The van der Waals surface area contributed by atoms with Crippen LogP contribution in [0.15, 0.2) is 46.9 Å². The number of hydrogen-bond acceptors (Lipinski definition) is 7. The number of urea groups is 1. The van der Waals surface area contributed by atoms with E-state index < -0.39 is 24.5 Å². The molecule has 0 radical (unpaired) electrons. The molecule has 0 saturated carbocycles. The molecule has 158 valence electrons. The fraction of sp³-hybridized carbons (Fsp3) is 0.158. The van der Waals surface area contributed by atoms with Gasteiger partial charge in [0, 0.05) is 10.2 Å². The molecule has 2 aromatic rings. The van der Waals surface area contributed by atoms with E-state index in [4.69, 9.17) is 19.9 Å². The van der Waals surface area contributed by atoms with Gasteiger partial charge in [0.05, 0.1) is 12.7 Å². The monoisotopic (exact) mass is 479 g/mol. The van der Waals surface area contributed by atoms with E-state index in [1.165, 1.54) is 25.3 Å². The van der Waals surface area contributed by atoms with Crippen LogP contribution in [0.1, 0.15) is 10.4 Å². The number of nitrogens with two attached hydrogens (primary N) is 1. The molecule has 0 heterocycles. The number of esters is 1. The molecule has 0 bridgehead atoms. The summed E-state index contributed by atoms with van der Waals surface area (Å²) in [5.41, 5.74) is 5.47. The van der Waals surface area contributed by atoms with Crippen LogP contribution in [0.25, 0.3) is 0 Å². The number of carbonyl (C=O) groups is 4. The molecule has 0 atom stereocenters. The van der Waals surface area contributed by atoms with Crippen LogP contribution in [0.5, 0.6) is 11.5 Å². The van der Waals surface area contributed by atoms with Gasteiger partial charge in [0.15, 0.2) is 24.7 Å². The first-order chi connectivity index (χ1) is 14.3. The van der Waals surface area contributed by atoms with Crippen molar-refractivity contribution in [2.45, 2.75) is 0 Å². The van der Waals surface area contributed by atoms with E-state index in [2.05, 4.69) is 21.2 Å². The topological polar surface area (TPSA) is 146 Å². The summed E-state index contributed by atoms with van der Waals surface area (Å²) in [7, 11) is 1.36. The van der Waals surface area contributed by atoms with Gasteiger partial charge >= 0.3 is 12.0 Å². The van der Waals surface area contributed by atoms with Gasteiger partial charge in [-0.15, -0.1) is 0 Å². The summed E-state index contributed by atoms with van der Waals surface area (Å²) in [6.45, 7) is -0.970. The second-order valence-electron chi connectivity index (χ2n) is 5.70. The summed E-state index contributed by atoms with van der Waals surface area (Å²) < 4.78 is 16.3. The Kier molecular flexibility index (Phi) is 8.18. The Morgan fingerprint density at radius 1 is 0.967 bits per heavy atom. The largest absolute Gasteiger partial charge is 0.493 e. The Hall–Kier alpha value is -3.60. The van der Waals surface area contributed by atoms with Gasteiger partial charge in [0.25, 0.3) is 11.8 Å². The molecular weight excluding hydrogens is 462 g/mol. The normalized spacial score (nSPS) is 9.93. The Bertz CT molecular complexity index is 948. The van der Waals surface area contributed by atoms with Crippen LogP contribution in [0.2, 0.25) is 0 Å². The van der Waals surface area contributed by atoms with Crippen LogP contribution < -0.4 is 25.8 Å². The molecule has 4 N–H and O–H groups in total. The van der Waals surface area contributed by atoms with E-state index in [1.54, 1.807) is 29.6 Å². The number of rotatable bonds is 8. The lowest BCUT2D eigenvalue weighted by Gasteiger charge is -2.12. The third kappa shape index (κ3) is 7.09. The van der Waals surface area contributed by atoms with Crippen molar-refractivity contribution in [2.24, 2.45) is 5.73 Å². The summed E-state index contributed by atoms with van der Waals surface area (Å²) in [4.78, 5) is 45.9. The van der Waals surface area contributed by atoms with Crippen LogP contribution in [0.4, 0.5) is 10.5 Å². The highest BCUT2D eigenvalue weighted by Gasteiger charge is 2.15. The highest BCUT2D eigenvalue weighted by molar-refractivity contribution is 9.10.